The van der Waals surface area contributed by atoms with Crippen molar-refractivity contribution in [3.8, 4) is 0 Å². The van der Waals surface area contributed by atoms with Crippen molar-refractivity contribution in [1.29, 1.82) is 0 Å². The van der Waals surface area contributed by atoms with Crippen LogP contribution in [0.4, 0.5) is 4.39 Å². The van der Waals surface area contributed by atoms with Crippen molar-refractivity contribution in [2.75, 3.05) is 6.54 Å². The first-order valence-electron chi connectivity index (χ1n) is 6.66. The molecule has 0 aliphatic carbocycles. The van der Waals surface area contributed by atoms with Gasteiger partial charge in [0.1, 0.15) is 5.82 Å². The number of benzene rings is 2. The van der Waals surface area contributed by atoms with Crippen LogP contribution in [0.2, 0.25) is 5.02 Å². The van der Waals surface area contributed by atoms with Crippen LogP contribution in [-0.4, -0.2) is 6.54 Å². The van der Waals surface area contributed by atoms with Crippen LogP contribution in [0.1, 0.15) is 30.5 Å². The van der Waals surface area contributed by atoms with Crippen molar-refractivity contribution >= 4 is 50.1 Å². The predicted molar refractivity (Wildman–Crippen MR) is 98.4 cm³/mol. The molecule has 5 heteroatoms. The van der Waals surface area contributed by atoms with E-state index in [4.69, 9.17) is 11.6 Å². The zero-order valence-electron chi connectivity index (χ0n) is 11.5. The molecule has 0 aromatic heterocycles. The van der Waals surface area contributed by atoms with E-state index in [1.807, 2.05) is 18.2 Å². The highest BCUT2D eigenvalue weighted by atomic mass is 127. The monoisotopic (exact) mass is 481 g/mol. The molecule has 1 unspecified atom stereocenters. The summed E-state index contributed by atoms with van der Waals surface area (Å²) in [5, 5.41) is 4.22. The topological polar surface area (TPSA) is 12.0 Å². The third-order valence-corrected chi connectivity index (χ3v) is 5.33. The van der Waals surface area contributed by atoms with Crippen molar-refractivity contribution in [3.05, 3.63) is 66.4 Å². The van der Waals surface area contributed by atoms with E-state index in [2.05, 4.69) is 56.8 Å². The maximum absolute atomic E-state index is 13.4. The predicted octanol–water partition coefficient (Wildman–Crippen LogP) is 5.94. The Labute approximate surface area is 151 Å². The molecule has 0 spiro atoms. The zero-order valence-corrected chi connectivity index (χ0v) is 16.0. The van der Waals surface area contributed by atoms with Gasteiger partial charge in [-0.3, -0.25) is 0 Å². The van der Waals surface area contributed by atoms with Gasteiger partial charge in [0, 0.05) is 3.57 Å². The molecule has 0 aliphatic rings. The van der Waals surface area contributed by atoms with Gasteiger partial charge in [-0.2, -0.15) is 0 Å². The van der Waals surface area contributed by atoms with E-state index < -0.39 is 0 Å². The highest BCUT2D eigenvalue weighted by Crippen LogP contribution is 2.29. The Morgan fingerprint density at radius 3 is 2.52 bits per heavy atom. The van der Waals surface area contributed by atoms with Crippen LogP contribution < -0.4 is 5.32 Å². The Morgan fingerprint density at radius 1 is 1.24 bits per heavy atom. The van der Waals surface area contributed by atoms with Gasteiger partial charge in [-0.1, -0.05) is 30.7 Å². The summed E-state index contributed by atoms with van der Waals surface area (Å²) in [6, 6.07) is 11.1. The van der Waals surface area contributed by atoms with Gasteiger partial charge in [0.2, 0.25) is 0 Å². The van der Waals surface area contributed by atoms with Crippen molar-refractivity contribution in [2.24, 2.45) is 0 Å². The molecule has 2 rings (SSSR count). The lowest BCUT2D eigenvalue weighted by Crippen LogP contribution is -2.23. The van der Waals surface area contributed by atoms with E-state index in [1.54, 1.807) is 6.07 Å². The van der Waals surface area contributed by atoms with Gasteiger partial charge in [-0.05, 0) is 86.9 Å². The quantitative estimate of drug-likeness (QED) is 0.521. The lowest BCUT2D eigenvalue weighted by molar-refractivity contribution is 0.591. The minimum absolute atomic E-state index is 0.00338. The van der Waals surface area contributed by atoms with Crippen LogP contribution in [0.3, 0.4) is 0 Å². The first kappa shape index (κ1) is 17.2. The average molecular weight is 483 g/mol. The average Bonchev–Trinajstić information content (AvgIpc) is 2.46. The fourth-order valence-electron chi connectivity index (χ4n) is 2.10. The SMILES string of the molecule is CCCNC(c1ccc(I)c(Cl)c1)c1ccc(F)c(Br)c1. The lowest BCUT2D eigenvalue weighted by Gasteiger charge is -2.20. The Kier molecular flexibility index (Phi) is 6.47. The van der Waals surface area contributed by atoms with Gasteiger partial charge < -0.3 is 5.32 Å². The molecule has 0 heterocycles. The molecule has 1 nitrogen and oxygen atoms in total. The summed E-state index contributed by atoms with van der Waals surface area (Å²) >= 11 is 11.7. The van der Waals surface area contributed by atoms with Crippen LogP contribution in [0, 0.1) is 9.39 Å². The molecule has 0 radical (unpaired) electrons. The second-order valence-corrected chi connectivity index (χ2v) is 7.16. The molecule has 0 bridgehead atoms. The van der Waals surface area contributed by atoms with Gasteiger partial charge >= 0.3 is 0 Å². The second-order valence-electron chi connectivity index (χ2n) is 4.73. The molecular formula is C16H15BrClFIN. The first-order valence-corrected chi connectivity index (χ1v) is 8.91. The highest BCUT2D eigenvalue weighted by Gasteiger charge is 2.15. The summed E-state index contributed by atoms with van der Waals surface area (Å²) in [5.41, 5.74) is 2.08. The van der Waals surface area contributed by atoms with Gasteiger partial charge in [0.15, 0.2) is 0 Å². The molecule has 0 amide bonds. The molecule has 0 saturated carbocycles. The van der Waals surface area contributed by atoms with Gasteiger partial charge in [-0.15, -0.1) is 0 Å². The molecule has 2 aromatic carbocycles. The standard InChI is InChI=1S/C16H15BrClFIN/c1-2-7-21-16(10-3-5-14(19)12(17)8-10)11-4-6-15(20)13(18)9-11/h3-6,8-9,16,21H,2,7H2,1H3. The molecule has 0 aliphatic heterocycles. The van der Waals surface area contributed by atoms with Crippen molar-refractivity contribution < 1.29 is 4.39 Å². The van der Waals surface area contributed by atoms with Crippen molar-refractivity contribution in [2.45, 2.75) is 19.4 Å². The summed E-state index contributed by atoms with van der Waals surface area (Å²) in [6.45, 7) is 2.99. The molecule has 21 heavy (non-hydrogen) atoms. The molecule has 112 valence electrons. The number of halogens is 4. The number of hydrogen-bond acceptors (Lipinski definition) is 1. The summed E-state index contributed by atoms with van der Waals surface area (Å²) in [4.78, 5) is 0. The van der Waals surface area contributed by atoms with E-state index in [1.165, 1.54) is 6.07 Å². The van der Waals surface area contributed by atoms with Crippen LogP contribution in [0.25, 0.3) is 0 Å². The Hall–Kier alpha value is -0.170. The van der Waals surface area contributed by atoms with E-state index in [-0.39, 0.29) is 11.9 Å². The van der Waals surface area contributed by atoms with Crippen molar-refractivity contribution in [1.82, 2.24) is 5.32 Å². The highest BCUT2D eigenvalue weighted by molar-refractivity contribution is 14.1. The maximum atomic E-state index is 13.4. The summed E-state index contributed by atoms with van der Waals surface area (Å²) in [7, 11) is 0. The smallest absolute Gasteiger partial charge is 0.137 e. The fraction of sp³-hybridized carbons (Fsp3) is 0.250. The van der Waals surface area contributed by atoms with E-state index in [9.17, 15) is 4.39 Å². The molecule has 1 N–H and O–H groups in total. The Morgan fingerprint density at radius 2 is 1.90 bits per heavy atom. The summed E-state index contributed by atoms with van der Waals surface area (Å²) < 4.78 is 14.9. The minimum atomic E-state index is -0.256. The number of rotatable bonds is 5. The van der Waals surface area contributed by atoms with E-state index in [0.717, 1.165) is 32.7 Å². The number of nitrogens with one attached hydrogen (secondary N) is 1. The van der Waals surface area contributed by atoms with Crippen LogP contribution >= 0.6 is 50.1 Å². The molecule has 2 aromatic rings. The van der Waals surface area contributed by atoms with Crippen LogP contribution in [0.15, 0.2) is 40.9 Å². The van der Waals surface area contributed by atoms with Crippen LogP contribution in [-0.2, 0) is 0 Å². The maximum Gasteiger partial charge on any atom is 0.137 e. The fourth-order valence-corrected chi connectivity index (χ4v) is 3.02. The third kappa shape index (κ3) is 4.41. The Balaban J connectivity index is 2.41. The summed E-state index contributed by atoms with van der Waals surface area (Å²) in [5.74, 6) is -0.256. The van der Waals surface area contributed by atoms with Crippen molar-refractivity contribution in [3.63, 3.8) is 0 Å². The van der Waals surface area contributed by atoms with Gasteiger partial charge in [0.25, 0.3) is 0 Å². The zero-order chi connectivity index (χ0) is 15.4. The lowest BCUT2D eigenvalue weighted by atomic mass is 9.98. The van der Waals surface area contributed by atoms with Gasteiger partial charge in [0.05, 0.1) is 15.5 Å². The third-order valence-electron chi connectivity index (χ3n) is 3.15. The second kappa shape index (κ2) is 7.90. The van der Waals surface area contributed by atoms with E-state index in [0.29, 0.717) is 4.47 Å². The van der Waals surface area contributed by atoms with Crippen LogP contribution in [0.5, 0.6) is 0 Å². The first-order chi connectivity index (χ1) is 10.0. The molecule has 1 atom stereocenters. The number of hydrogen-bond donors (Lipinski definition) is 1. The molecule has 0 saturated heterocycles. The van der Waals surface area contributed by atoms with E-state index >= 15 is 0 Å². The normalized spacial score (nSPS) is 12.4. The minimum Gasteiger partial charge on any atom is -0.306 e. The largest absolute Gasteiger partial charge is 0.306 e. The Bertz CT molecular complexity index is 584. The summed E-state index contributed by atoms with van der Waals surface area (Å²) in [6.07, 6.45) is 1.02. The molecular weight excluding hydrogens is 467 g/mol. The molecule has 0 fully saturated rings. The van der Waals surface area contributed by atoms with Gasteiger partial charge in [-0.25, -0.2) is 4.39 Å².